The zero-order valence-corrected chi connectivity index (χ0v) is 15.5. The molecule has 0 bridgehead atoms. The molecule has 3 rings (SSSR count). The zero-order valence-electron chi connectivity index (χ0n) is 15.5. The Morgan fingerprint density at radius 3 is 2.96 bits per heavy atom. The van der Waals surface area contributed by atoms with E-state index < -0.39 is 0 Å². The standard InChI is InChI=1S/C18H29N5O2/c1-4-22-10-6-5-7-15(22)17(24)23-11-12-25-16(13-23)14-8-9-19-18(20-14)21(2)3/h8-9,15-16H,4-7,10-13H2,1-3H3/t15-,16+/m0/s1. The van der Waals surface area contributed by atoms with Crippen LogP contribution >= 0.6 is 0 Å². The molecule has 0 radical (unpaired) electrons. The van der Waals surface area contributed by atoms with Crippen LogP contribution in [0.1, 0.15) is 38.0 Å². The summed E-state index contributed by atoms with van der Waals surface area (Å²) in [5.74, 6) is 0.908. The minimum absolute atomic E-state index is 0.0280. The predicted octanol–water partition coefficient (Wildman–Crippen LogP) is 1.32. The third-order valence-corrected chi connectivity index (χ3v) is 5.08. The van der Waals surface area contributed by atoms with Crippen molar-refractivity contribution in [2.45, 2.75) is 38.3 Å². The lowest BCUT2D eigenvalue weighted by atomic mass is 10.0. The van der Waals surface area contributed by atoms with Gasteiger partial charge in [-0.15, -0.1) is 0 Å². The second-order valence-electron chi connectivity index (χ2n) is 6.96. The summed E-state index contributed by atoms with van der Waals surface area (Å²) in [5, 5.41) is 0. The molecular weight excluding hydrogens is 318 g/mol. The van der Waals surface area contributed by atoms with Crippen LogP contribution in [0.25, 0.3) is 0 Å². The highest BCUT2D eigenvalue weighted by Crippen LogP contribution is 2.25. The highest BCUT2D eigenvalue weighted by Gasteiger charge is 2.34. The number of hydrogen-bond donors (Lipinski definition) is 0. The van der Waals surface area contributed by atoms with Gasteiger partial charge in [-0.25, -0.2) is 9.97 Å². The summed E-state index contributed by atoms with van der Waals surface area (Å²) in [5.41, 5.74) is 0.840. The highest BCUT2D eigenvalue weighted by atomic mass is 16.5. The van der Waals surface area contributed by atoms with Gasteiger partial charge in [0.05, 0.1) is 24.9 Å². The fourth-order valence-electron chi connectivity index (χ4n) is 3.64. The first-order valence-electron chi connectivity index (χ1n) is 9.25. The van der Waals surface area contributed by atoms with Gasteiger partial charge in [0.1, 0.15) is 6.10 Å². The number of aromatic nitrogens is 2. The zero-order chi connectivity index (χ0) is 17.8. The summed E-state index contributed by atoms with van der Waals surface area (Å²) in [6.07, 6.45) is 4.86. The lowest BCUT2D eigenvalue weighted by Gasteiger charge is -2.40. The third kappa shape index (κ3) is 4.10. The summed E-state index contributed by atoms with van der Waals surface area (Å²) >= 11 is 0. The van der Waals surface area contributed by atoms with Gasteiger partial charge >= 0.3 is 0 Å². The maximum atomic E-state index is 13.1. The summed E-state index contributed by atoms with van der Waals surface area (Å²) in [6, 6.07) is 1.91. The summed E-state index contributed by atoms with van der Waals surface area (Å²) in [4.78, 5) is 28.0. The van der Waals surface area contributed by atoms with Crippen molar-refractivity contribution in [3.05, 3.63) is 18.0 Å². The lowest BCUT2D eigenvalue weighted by molar-refractivity contribution is -0.146. The molecule has 0 unspecified atom stereocenters. The first kappa shape index (κ1) is 18.1. The van der Waals surface area contributed by atoms with Crippen molar-refractivity contribution in [1.82, 2.24) is 19.8 Å². The van der Waals surface area contributed by atoms with Crippen molar-refractivity contribution in [1.29, 1.82) is 0 Å². The maximum absolute atomic E-state index is 13.1. The SMILES string of the molecule is CCN1CCCC[C@H]1C(=O)N1CCO[C@@H](c2ccnc(N(C)C)n2)C1. The van der Waals surface area contributed by atoms with E-state index in [2.05, 4.69) is 21.8 Å². The number of hydrogen-bond acceptors (Lipinski definition) is 6. The number of morpholine rings is 1. The van der Waals surface area contributed by atoms with Gasteiger partial charge in [0, 0.05) is 26.8 Å². The van der Waals surface area contributed by atoms with E-state index in [1.807, 2.05) is 30.0 Å². The molecule has 1 aromatic rings. The van der Waals surface area contributed by atoms with Gasteiger partial charge < -0.3 is 14.5 Å². The second-order valence-corrected chi connectivity index (χ2v) is 6.96. The van der Waals surface area contributed by atoms with Crippen LogP contribution in [0.5, 0.6) is 0 Å². The Balaban J connectivity index is 1.70. The first-order chi connectivity index (χ1) is 12.1. The van der Waals surface area contributed by atoms with E-state index in [4.69, 9.17) is 4.74 Å². The van der Waals surface area contributed by atoms with E-state index in [9.17, 15) is 4.79 Å². The smallest absolute Gasteiger partial charge is 0.240 e. The van der Waals surface area contributed by atoms with Crippen LogP contribution < -0.4 is 4.90 Å². The molecule has 2 fully saturated rings. The van der Waals surface area contributed by atoms with Crippen molar-refractivity contribution in [3.63, 3.8) is 0 Å². The van der Waals surface area contributed by atoms with E-state index in [1.165, 1.54) is 6.42 Å². The summed E-state index contributed by atoms with van der Waals surface area (Å²) < 4.78 is 5.90. The van der Waals surface area contributed by atoms with Crippen LogP contribution in [0.2, 0.25) is 0 Å². The monoisotopic (exact) mass is 347 g/mol. The Bertz CT molecular complexity index is 595. The normalized spacial score (nSPS) is 25.0. The quantitative estimate of drug-likeness (QED) is 0.819. The first-order valence-corrected chi connectivity index (χ1v) is 9.25. The topological polar surface area (TPSA) is 61.8 Å². The number of amides is 1. The van der Waals surface area contributed by atoms with E-state index in [-0.39, 0.29) is 18.1 Å². The summed E-state index contributed by atoms with van der Waals surface area (Å²) in [7, 11) is 3.83. The van der Waals surface area contributed by atoms with Crippen LogP contribution in [0.15, 0.2) is 12.3 Å². The largest absolute Gasteiger partial charge is 0.368 e. The van der Waals surface area contributed by atoms with Crippen LogP contribution in [-0.2, 0) is 9.53 Å². The van der Waals surface area contributed by atoms with E-state index in [1.54, 1.807) is 6.20 Å². The number of likely N-dealkylation sites (N-methyl/N-ethyl adjacent to an activating group) is 1. The molecular formula is C18H29N5O2. The number of carbonyl (C=O) groups is 1. The molecule has 0 spiro atoms. The molecule has 0 aromatic carbocycles. The van der Waals surface area contributed by atoms with Crippen LogP contribution in [-0.4, -0.2) is 78.6 Å². The Labute approximate surface area is 150 Å². The van der Waals surface area contributed by atoms with Crippen molar-refractivity contribution >= 4 is 11.9 Å². The Kier molecular flexibility index (Phi) is 5.86. The average Bonchev–Trinajstić information content (AvgIpc) is 2.67. The van der Waals surface area contributed by atoms with Crippen LogP contribution in [0, 0.1) is 0 Å². The minimum atomic E-state index is -0.182. The molecule has 1 aromatic heterocycles. The number of anilines is 1. The molecule has 138 valence electrons. The van der Waals surface area contributed by atoms with Gasteiger partial charge in [0.2, 0.25) is 11.9 Å². The van der Waals surface area contributed by atoms with Crippen LogP contribution in [0.3, 0.4) is 0 Å². The van der Waals surface area contributed by atoms with Gasteiger partial charge in [0.15, 0.2) is 0 Å². The number of nitrogens with zero attached hydrogens (tertiary/aromatic N) is 5. The number of ether oxygens (including phenoxy) is 1. The van der Waals surface area contributed by atoms with E-state index in [0.29, 0.717) is 25.6 Å². The number of rotatable bonds is 4. The van der Waals surface area contributed by atoms with E-state index in [0.717, 1.165) is 31.6 Å². The van der Waals surface area contributed by atoms with Crippen molar-refractivity contribution in [3.8, 4) is 0 Å². The molecule has 3 heterocycles. The lowest BCUT2D eigenvalue weighted by Crippen LogP contribution is -2.53. The fourth-order valence-corrected chi connectivity index (χ4v) is 3.64. The molecule has 2 saturated heterocycles. The number of carbonyl (C=O) groups excluding carboxylic acids is 1. The van der Waals surface area contributed by atoms with Crippen molar-refractivity contribution < 1.29 is 9.53 Å². The van der Waals surface area contributed by atoms with Gasteiger partial charge in [-0.05, 0) is 32.0 Å². The molecule has 2 aliphatic heterocycles. The molecule has 25 heavy (non-hydrogen) atoms. The van der Waals surface area contributed by atoms with Crippen LogP contribution in [0.4, 0.5) is 5.95 Å². The molecule has 0 N–H and O–H groups in total. The van der Waals surface area contributed by atoms with Gasteiger partial charge in [0.25, 0.3) is 0 Å². The highest BCUT2D eigenvalue weighted by molar-refractivity contribution is 5.82. The number of piperidine rings is 1. The number of likely N-dealkylation sites (tertiary alicyclic amines) is 1. The Hall–Kier alpha value is -1.73. The minimum Gasteiger partial charge on any atom is -0.368 e. The van der Waals surface area contributed by atoms with Gasteiger partial charge in [-0.3, -0.25) is 9.69 Å². The van der Waals surface area contributed by atoms with Gasteiger partial charge in [-0.1, -0.05) is 13.3 Å². The second kappa shape index (κ2) is 8.10. The Morgan fingerprint density at radius 2 is 2.20 bits per heavy atom. The molecule has 0 aliphatic carbocycles. The molecule has 7 nitrogen and oxygen atoms in total. The van der Waals surface area contributed by atoms with Crippen molar-refractivity contribution in [2.75, 3.05) is 51.8 Å². The van der Waals surface area contributed by atoms with Crippen molar-refractivity contribution in [2.24, 2.45) is 0 Å². The van der Waals surface area contributed by atoms with E-state index >= 15 is 0 Å². The molecule has 2 atom stereocenters. The Morgan fingerprint density at radius 1 is 1.36 bits per heavy atom. The molecule has 1 amide bonds. The van der Waals surface area contributed by atoms with Gasteiger partial charge in [-0.2, -0.15) is 0 Å². The maximum Gasteiger partial charge on any atom is 0.240 e. The average molecular weight is 347 g/mol. The molecule has 0 saturated carbocycles. The fraction of sp³-hybridized carbons (Fsp3) is 0.722. The molecule has 7 heteroatoms. The summed E-state index contributed by atoms with van der Waals surface area (Å²) in [6.45, 7) is 5.88. The molecule has 2 aliphatic rings. The predicted molar refractivity (Wildman–Crippen MR) is 96.5 cm³/mol. The third-order valence-electron chi connectivity index (χ3n) is 5.08.